The van der Waals surface area contributed by atoms with Crippen molar-refractivity contribution < 1.29 is 0 Å². The van der Waals surface area contributed by atoms with E-state index >= 15 is 0 Å². The summed E-state index contributed by atoms with van der Waals surface area (Å²) in [7, 11) is 0. The molecule has 1 aromatic carbocycles. The van der Waals surface area contributed by atoms with Crippen molar-refractivity contribution in [2.75, 3.05) is 10.7 Å². The number of rotatable bonds is 6. The lowest BCUT2D eigenvalue weighted by atomic mass is 9.80. The molecule has 1 heterocycles. The molecule has 1 aromatic heterocycles. The monoisotopic (exact) mass is 412 g/mol. The molecule has 4 heteroatoms. The SMILES string of the molecule is CCn1nc(C)cc1CC(CBr)(CBr)c1cccc(C)c1. The van der Waals surface area contributed by atoms with Gasteiger partial charge in [0.25, 0.3) is 0 Å². The highest BCUT2D eigenvalue weighted by Crippen LogP contribution is 2.33. The smallest absolute Gasteiger partial charge is 0.0596 e. The van der Waals surface area contributed by atoms with Gasteiger partial charge < -0.3 is 0 Å². The summed E-state index contributed by atoms with van der Waals surface area (Å²) in [5, 5.41) is 6.42. The van der Waals surface area contributed by atoms with Crippen LogP contribution in [0.3, 0.4) is 0 Å². The molecular weight excluding hydrogens is 392 g/mol. The summed E-state index contributed by atoms with van der Waals surface area (Å²) in [5.74, 6) is 0. The van der Waals surface area contributed by atoms with Gasteiger partial charge in [-0.25, -0.2) is 0 Å². The molecule has 0 amide bonds. The minimum atomic E-state index is 0.0470. The van der Waals surface area contributed by atoms with Crippen LogP contribution in [-0.4, -0.2) is 20.4 Å². The minimum absolute atomic E-state index is 0.0470. The van der Waals surface area contributed by atoms with Gasteiger partial charge in [-0.2, -0.15) is 5.10 Å². The van der Waals surface area contributed by atoms with Crippen LogP contribution in [0, 0.1) is 13.8 Å². The molecule has 0 saturated carbocycles. The lowest BCUT2D eigenvalue weighted by Gasteiger charge is -2.31. The van der Waals surface area contributed by atoms with E-state index in [1.54, 1.807) is 0 Å². The topological polar surface area (TPSA) is 17.8 Å². The van der Waals surface area contributed by atoms with Crippen LogP contribution in [0.4, 0.5) is 0 Å². The summed E-state index contributed by atoms with van der Waals surface area (Å²) < 4.78 is 2.12. The van der Waals surface area contributed by atoms with Gasteiger partial charge in [0.15, 0.2) is 0 Å². The Morgan fingerprint density at radius 1 is 1.14 bits per heavy atom. The number of hydrogen-bond acceptors (Lipinski definition) is 1. The van der Waals surface area contributed by atoms with E-state index in [1.165, 1.54) is 16.8 Å². The molecule has 0 aliphatic carbocycles. The largest absolute Gasteiger partial charge is 0.270 e. The molecule has 2 rings (SSSR count). The van der Waals surface area contributed by atoms with Crippen molar-refractivity contribution in [3.8, 4) is 0 Å². The van der Waals surface area contributed by atoms with E-state index in [0.29, 0.717) is 0 Å². The molecule has 0 fully saturated rings. The quantitative estimate of drug-likeness (QED) is 0.622. The average molecular weight is 414 g/mol. The molecule has 21 heavy (non-hydrogen) atoms. The van der Waals surface area contributed by atoms with Crippen LogP contribution in [0.2, 0.25) is 0 Å². The molecule has 0 radical (unpaired) electrons. The summed E-state index contributed by atoms with van der Waals surface area (Å²) in [4.78, 5) is 0. The van der Waals surface area contributed by atoms with E-state index in [-0.39, 0.29) is 5.41 Å². The molecule has 0 bridgehead atoms. The maximum absolute atomic E-state index is 4.58. The highest BCUT2D eigenvalue weighted by atomic mass is 79.9. The van der Waals surface area contributed by atoms with Crippen molar-refractivity contribution in [2.24, 2.45) is 0 Å². The first-order valence-corrected chi connectivity index (χ1v) is 9.51. The molecule has 0 unspecified atom stereocenters. The number of aromatic nitrogens is 2. The van der Waals surface area contributed by atoms with Crippen molar-refractivity contribution in [3.05, 3.63) is 52.8 Å². The van der Waals surface area contributed by atoms with Crippen molar-refractivity contribution >= 4 is 31.9 Å². The molecular formula is C17H22Br2N2. The maximum atomic E-state index is 4.58. The fourth-order valence-electron chi connectivity index (χ4n) is 2.72. The van der Waals surface area contributed by atoms with Crippen LogP contribution in [-0.2, 0) is 18.4 Å². The highest BCUT2D eigenvalue weighted by molar-refractivity contribution is 9.09. The molecule has 114 valence electrons. The highest BCUT2D eigenvalue weighted by Gasteiger charge is 2.32. The summed E-state index contributed by atoms with van der Waals surface area (Å²) >= 11 is 7.49. The van der Waals surface area contributed by atoms with Crippen molar-refractivity contribution in [1.29, 1.82) is 0 Å². The fourth-order valence-corrected chi connectivity index (χ4v) is 4.70. The van der Waals surface area contributed by atoms with Crippen molar-refractivity contribution in [3.63, 3.8) is 0 Å². The second kappa shape index (κ2) is 7.10. The first-order valence-electron chi connectivity index (χ1n) is 7.27. The van der Waals surface area contributed by atoms with Gasteiger partial charge in [0.05, 0.1) is 5.69 Å². The Kier molecular flexibility index (Phi) is 5.67. The van der Waals surface area contributed by atoms with Gasteiger partial charge in [-0.05, 0) is 32.4 Å². The van der Waals surface area contributed by atoms with Crippen LogP contribution in [0.15, 0.2) is 30.3 Å². The molecule has 2 nitrogen and oxygen atoms in total. The van der Waals surface area contributed by atoms with Gasteiger partial charge in [-0.15, -0.1) is 0 Å². The van der Waals surface area contributed by atoms with Gasteiger partial charge in [0.1, 0.15) is 0 Å². The molecule has 0 spiro atoms. The molecule has 0 atom stereocenters. The van der Waals surface area contributed by atoms with Gasteiger partial charge in [0, 0.05) is 34.7 Å². The summed E-state index contributed by atoms with van der Waals surface area (Å²) in [6, 6.07) is 11.0. The predicted molar refractivity (Wildman–Crippen MR) is 96.8 cm³/mol. The summed E-state index contributed by atoms with van der Waals surface area (Å²) in [5.41, 5.74) is 5.12. The number of halogens is 2. The van der Waals surface area contributed by atoms with Crippen LogP contribution in [0.25, 0.3) is 0 Å². The molecule has 0 aliphatic heterocycles. The molecule has 2 aromatic rings. The first kappa shape index (κ1) is 16.8. The second-order valence-electron chi connectivity index (χ2n) is 5.69. The Morgan fingerprint density at radius 2 is 1.86 bits per heavy atom. The van der Waals surface area contributed by atoms with Gasteiger partial charge in [0.2, 0.25) is 0 Å². The molecule has 0 N–H and O–H groups in total. The van der Waals surface area contributed by atoms with Gasteiger partial charge in [-0.1, -0.05) is 61.7 Å². The maximum Gasteiger partial charge on any atom is 0.0596 e. The van der Waals surface area contributed by atoms with E-state index in [2.05, 4.69) is 92.7 Å². The number of hydrogen-bond donors (Lipinski definition) is 0. The number of alkyl halides is 2. The summed E-state index contributed by atoms with van der Waals surface area (Å²) in [6.45, 7) is 7.27. The van der Waals surface area contributed by atoms with Gasteiger partial charge in [-0.3, -0.25) is 4.68 Å². The van der Waals surface area contributed by atoms with E-state index in [9.17, 15) is 0 Å². The Bertz CT molecular complexity index is 601. The van der Waals surface area contributed by atoms with Crippen LogP contribution < -0.4 is 0 Å². The Balaban J connectivity index is 2.42. The number of nitrogens with zero attached hydrogens (tertiary/aromatic N) is 2. The minimum Gasteiger partial charge on any atom is -0.270 e. The standard InChI is InChI=1S/C17H22Br2N2/c1-4-21-16(9-14(3)20-21)10-17(11-18,12-19)15-7-5-6-13(2)8-15/h5-9H,4,10-12H2,1-3H3. The van der Waals surface area contributed by atoms with Gasteiger partial charge >= 0.3 is 0 Å². The molecule has 0 aliphatic rings. The first-order chi connectivity index (χ1) is 10.0. The summed E-state index contributed by atoms with van der Waals surface area (Å²) in [6.07, 6.45) is 0.974. The van der Waals surface area contributed by atoms with E-state index in [0.717, 1.165) is 29.3 Å². The second-order valence-corrected chi connectivity index (χ2v) is 6.81. The lowest BCUT2D eigenvalue weighted by molar-refractivity contribution is 0.508. The van der Waals surface area contributed by atoms with E-state index < -0.39 is 0 Å². The van der Waals surface area contributed by atoms with Crippen LogP contribution in [0.1, 0.15) is 29.4 Å². The third-order valence-corrected chi connectivity index (χ3v) is 6.09. The molecule has 0 saturated heterocycles. The normalized spacial score (nSPS) is 11.9. The lowest BCUT2D eigenvalue weighted by Crippen LogP contribution is -2.34. The zero-order valence-electron chi connectivity index (χ0n) is 12.9. The average Bonchev–Trinajstić information content (AvgIpc) is 2.84. The van der Waals surface area contributed by atoms with Crippen molar-refractivity contribution in [2.45, 2.75) is 39.2 Å². The third-order valence-electron chi connectivity index (χ3n) is 3.95. The van der Waals surface area contributed by atoms with Crippen LogP contribution >= 0.6 is 31.9 Å². The Hall–Kier alpha value is -0.610. The Labute approximate surface area is 144 Å². The fraction of sp³-hybridized carbons (Fsp3) is 0.471. The zero-order valence-corrected chi connectivity index (χ0v) is 16.0. The Morgan fingerprint density at radius 3 is 2.43 bits per heavy atom. The van der Waals surface area contributed by atoms with Crippen molar-refractivity contribution in [1.82, 2.24) is 9.78 Å². The van der Waals surface area contributed by atoms with Crippen LogP contribution in [0.5, 0.6) is 0 Å². The zero-order chi connectivity index (χ0) is 15.5. The predicted octanol–water partition coefficient (Wildman–Crippen LogP) is 4.79. The number of benzene rings is 1. The number of aryl methyl sites for hydroxylation is 3. The van der Waals surface area contributed by atoms with E-state index in [1.807, 2.05) is 0 Å². The van der Waals surface area contributed by atoms with E-state index in [4.69, 9.17) is 0 Å². The third kappa shape index (κ3) is 3.59.